The van der Waals surface area contributed by atoms with Crippen LogP contribution in [0, 0.1) is 5.82 Å². The lowest BCUT2D eigenvalue weighted by Crippen LogP contribution is -2.26. The van der Waals surface area contributed by atoms with Crippen molar-refractivity contribution in [1.82, 2.24) is 4.90 Å². The number of nitrogens with zero attached hydrogens (tertiary/aromatic N) is 1. The third kappa shape index (κ3) is 5.42. The minimum absolute atomic E-state index is 0.101. The lowest BCUT2D eigenvalue weighted by atomic mass is 9.88. The fraction of sp³-hybridized carbons (Fsp3) is 0.333. The Hall–Kier alpha value is -2.89. The summed E-state index contributed by atoms with van der Waals surface area (Å²) in [4.78, 5) is 2.25. The molecule has 1 N–H and O–H groups in total. The quantitative estimate of drug-likeness (QED) is 0.363. The highest BCUT2D eigenvalue weighted by Crippen LogP contribution is 2.41. The summed E-state index contributed by atoms with van der Waals surface area (Å²) in [5, 5.41) is 10.2. The van der Waals surface area contributed by atoms with Gasteiger partial charge in [0.2, 0.25) is 0 Å². The van der Waals surface area contributed by atoms with E-state index in [1.807, 2.05) is 30.3 Å². The summed E-state index contributed by atoms with van der Waals surface area (Å²) in [6, 6.07) is 18.5. The molecule has 1 aliphatic heterocycles. The second-order valence-corrected chi connectivity index (χ2v) is 9.98. The standard InChI is InChI=1S/C30H30ClF2NO2/c31-28-12-7-22(18-29(28)33)26-4-1-3-21-17-23(35)8-11-27(21)30(26)20-5-9-24(10-6-20)36-25-13-16-34(19-25)15-2-14-32/h5-12,17-18,25,35H,1-4,13-16,19H2. The van der Waals surface area contributed by atoms with Crippen molar-refractivity contribution in [2.75, 3.05) is 26.3 Å². The molecule has 5 rings (SSSR count). The van der Waals surface area contributed by atoms with Crippen LogP contribution in [0.1, 0.15) is 47.9 Å². The van der Waals surface area contributed by atoms with Crippen molar-refractivity contribution in [2.45, 2.75) is 38.2 Å². The fourth-order valence-corrected chi connectivity index (χ4v) is 5.47. The summed E-state index contributed by atoms with van der Waals surface area (Å²) in [5.74, 6) is 0.613. The van der Waals surface area contributed by atoms with Crippen molar-refractivity contribution in [2.24, 2.45) is 0 Å². The topological polar surface area (TPSA) is 32.7 Å². The number of hydrogen-bond donors (Lipinski definition) is 1. The van der Waals surface area contributed by atoms with Crippen molar-refractivity contribution in [3.63, 3.8) is 0 Å². The van der Waals surface area contributed by atoms with E-state index in [9.17, 15) is 13.9 Å². The van der Waals surface area contributed by atoms with Gasteiger partial charge in [0.05, 0.1) is 11.7 Å². The highest BCUT2D eigenvalue weighted by atomic mass is 35.5. The van der Waals surface area contributed by atoms with Gasteiger partial charge in [0.25, 0.3) is 0 Å². The number of allylic oxidation sites excluding steroid dienone is 1. The van der Waals surface area contributed by atoms with Crippen molar-refractivity contribution >= 4 is 22.7 Å². The van der Waals surface area contributed by atoms with Crippen LogP contribution in [0.4, 0.5) is 8.78 Å². The van der Waals surface area contributed by atoms with E-state index in [1.54, 1.807) is 12.1 Å². The van der Waals surface area contributed by atoms with Crippen LogP contribution >= 0.6 is 11.6 Å². The number of alkyl halides is 1. The molecule has 3 aromatic carbocycles. The Kier molecular flexibility index (Phi) is 7.59. The largest absolute Gasteiger partial charge is 0.508 e. The fourth-order valence-electron chi connectivity index (χ4n) is 5.35. The van der Waals surface area contributed by atoms with Crippen molar-refractivity contribution in [1.29, 1.82) is 0 Å². The number of aromatic hydroxyl groups is 1. The molecule has 0 aromatic heterocycles. The van der Waals surface area contributed by atoms with Crippen molar-refractivity contribution in [3.8, 4) is 11.5 Å². The lowest BCUT2D eigenvalue weighted by molar-refractivity contribution is 0.198. The molecule has 1 fully saturated rings. The molecule has 1 unspecified atom stereocenters. The first kappa shape index (κ1) is 24.8. The predicted molar refractivity (Wildman–Crippen MR) is 141 cm³/mol. The Morgan fingerprint density at radius 3 is 2.58 bits per heavy atom. The molecule has 0 radical (unpaired) electrons. The van der Waals surface area contributed by atoms with Crippen LogP contribution in [0.15, 0.2) is 60.7 Å². The van der Waals surface area contributed by atoms with E-state index in [-0.39, 0.29) is 23.6 Å². The van der Waals surface area contributed by atoms with E-state index in [1.165, 1.54) is 6.07 Å². The zero-order chi connectivity index (χ0) is 25.1. The summed E-state index contributed by atoms with van der Waals surface area (Å²) in [6.07, 6.45) is 4.10. The van der Waals surface area contributed by atoms with Gasteiger partial charge in [-0.1, -0.05) is 35.9 Å². The van der Waals surface area contributed by atoms with E-state index in [2.05, 4.69) is 17.0 Å². The average molecular weight is 510 g/mol. The van der Waals surface area contributed by atoms with Gasteiger partial charge in [-0.25, -0.2) is 4.39 Å². The molecule has 0 saturated carbocycles. The molecule has 188 valence electrons. The first-order chi connectivity index (χ1) is 17.5. The van der Waals surface area contributed by atoms with Crippen LogP contribution in [0.5, 0.6) is 11.5 Å². The minimum Gasteiger partial charge on any atom is -0.508 e. The molecule has 1 saturated heterocycles. The molecule has 2 aliphatic rings. The predicted octanol–water partition coefficient (Wildman–Crippen LogP) is 7.29. The van der Waals surface area contributed by atoms with Gasteiger partial charge in [-0.15, -0.1) is 0 Å². The number of aryl methyl sites for hydroxylation is 1. The molecular formula is C30H30ClF2NO2. The Labute approximate surface area is 216 Å². The highest BCUT2D eigenvalue weighted by Gasteiger charge is 2.24. The van der Waals surface area contributed by atoms with Gasteiger partial charge in [0.15, 0.2) is 0 Å². The number of phenolic OH excluding ortho intramolecular Hbond substituents is 1. The molecule has 6 heteroatoms. The van der Waals surface area contributed by atoms with E-state index in [0.29, 0.717) is 6.42 Å². The van der Waals surface area contributed by atoms with Crippen LogP contribution in [-0.4, -0.2) is 42.4 Å². The van der Waals surface area contributed by atoms with Gasteiger partial charge in [-0.05, 0) is 102 Å². The molecule has 1 aliphatic carbocycles. The average Bonchev–Trinajstić information content (AvgIpc) is 3.23. The third-order valence-electron chi connectivity index (χ3n) is 7.08. The van der Waals surface area contributed by atoms with Gasteiger partial charge >= 0.3 is 0 Å². The molecule has 36 heavy (non-hydrogen) atoms. The summed E-state index contributed by atoms with van der Waals surface area (Å²) in [5.41, 5.74) is 6.04. The van der Waals surface area contributed by atoms with E-state index >= 15 is 0 Å². The first-order valence-electron chi connectivity index (χ1n) is 12.6. The van der Waals surface area contributed by atoms with Crippen LogP contribution in [0.2, 0.25) is 5.02 Å². The summed E-state index contributed by atoms with van der Waals surface area (Å²) in [6.45, 7) is 2.23. The van der Waals surface area contributed by atoms with Gasteiger partial charge in [-0.2, -0.15) is 0 Å². The molecule has 0 amide bonds. The van der Waals surface area contributed by atoms with E-state index in [4.69, 9.17) is 16.3 Å². The zero-order valence-electron chi connectivity index (χ0n) is 20.2. The number of benzene rings is 3. The Bertz CT molecular complexity index is 1260. The Balaban J connectivity index is 1.48. The number of fused-ring (bicyclic) bond motifs is 1. The lowest BCUT2D eigenvalue weighted by Gasteiger charge is -2.19. The van der Waals surface area contributed by atoms with Gasteiger partial charge in [0, 0.05) is 19.6 Å². The van der Waals surface area contributed by atoms with E-state index < -0.39 is 5.82 Å². The number of hydrogen-bond acceptors (Lipinski definition) is 3. The molecule has 0 bridgehead atoms. The minimum atomic E-state index is -0.433. The van der Waals surface area contributed by atoms with Gasteiger partial charge in [0.1, 0.15) is 23.4 Å². The monoisotopic (exact) mass is 509 g/mol. The number of halogens is 3. The van der Waals surface area contributed by atoms with Crippen LogP contribution in [0.25, 0.3) is 11.1 Å². The van der Waals surface area contributed by atoms with Crippen LogP contribution < -0.4 is 4.74 Å². The Morgan fingerprint density at radius 2 is 1.81 bits per heavy atom. The van der Waals surface area contributed by atoms with Crippen LogP contribution in [0.3, 0.4) is 0 Å². The maximum atomic E-state index is 14.4. The summed E-state index contributed by atoms with van der Waals surface area (Å²) < 4.78 is 33.2. The molecule has 3 nitrogen and oxygen atoms in total. The smallest absolute Gasteiger partial charge is 0.142 e. The van der Waals surface area contributed by atoms with Gasteiger partial charge < -0.3 is 9.84 Å². The third-order valence-corrected chi connectivity index (χ3v) is 7.39. The number of rotatable bonds is 7. The molecular weight excluding hydrogens is 480 g/mol. The second-order valence-electron chi connectivity index (χ2n) is 9.57. The second kappa shape index (κ2) is 11.0. The van der Waals surface area contributed by atoms with Crippen LogP contribution in [-0.2, 0) is 6.42 Å². The molecule has 0 spiro atoms. The highest BCUT2D eigenvalue weighted by molar-refractivity contribution is 6.30. The SMILES string of the molecule is Oc1ccc2c(c1)CCCC(c1ccc(Cl)c(F)c1)=C2c1ccc(OC2CCN(CCCF)C2)cc1. The summed E-state index contributed by atoms with van der Waals surface area (Å²) in [7, 11) is 0. The van der Waals surface area contributed by atoms with Gasteiger partial charge in [-0.3, -0.25) is 9.29 Å². The summed E-state index contributed by atoms with van der Waals surface area (Å²) >= 11 is 5.97. The number of ether oxygens (including phenoxy) is 1. The van der Waals surface area contributed by atoms with Crippen molar-refractivity contribution in [3.05, 3.63) is 93.8 Å². The van der Waals surface area contributed by atoms with E-state index in [0.717, 1.165) is 84.5 Å². The number of likely N-dealkylation sites (tertiary alicyclic amines) is 1. The first-order valence-corrected chi connectivity index (χ1v) is 13.0. The molecule has 3 aromatic rings. The molecule has 1 atom stereocenters. The molecule has 1 heterocycles. The maximum absolute atomic E-state index is 14.4. The number of phenols is 1. The zero-order valence-corrected chi connectivity index (χ0v) is 20.9. The normalized spacial score (nSPS) is 18.2. The maximum Gasteiger partial charge on any atom is 0.142 e. The Morgan fingerprint density at radius 1 is 1.00 bits per heavy atom. The van der Waals surface area contributed by atoms with Crippen molar-refractivity contribution < 1.29 is 18.6 Å².